The highest BCUT2D eigenvalue weighted by Gasteiger charge is 2.52. The molecular weight excluding hydrogens is 642 g/mol. The number of carbonyl (C=O) groups excluding carboxylic acids is 3. The monoisotopic (exact) mass is 681 g/mol. The number of aliphatic hydroxyl groups excluding tert-OH is 1. The number of aromatic nitrogens is 2. The molecule has 0 radical (unpaired) electrons. The van der Waals surface area contributed by atoms with Gasteiger partial charge in [0.25, 0.3) is 5.91 Å². The van der Waals surface area contributed by atoms with E-state index in [9.17, 15) is 24.6 Å². The molecular formula is C41H39N5O5. The van der Waals surface area contributed by atoms with Crippen molar-refractivity contribution in [1.82, 2.24) is 9.97 Å². The van der Waals surface area contributed by atoms with Crippen molar-refractivity contribution in [3.63, 3.8) is 0 Å². The van der Waals surface area contributed by atoms with E-state index >= 15 is 0 Å². The molecule has 3 amide bonds. The van der Waals surface area contributed by atoms with E-state index in [1.165, 1.54) is 4.90 Å². The van der Waals surface area contributed by atoms with Crippen LogP contribution in [0, 0.1) is 5.92 Å². The Morgan fingerprint density at radius 2 is 1.43 bits per heavy atom. The van der Waals surface area contributed by atoms with Crippen LogP contribution in [0.15, 0.2) is 116 Å². The first-order valence-corrected chi connectivity index (χ1v) is 17.0. The molecule has 0 bridgehead atoms. The van der Waals surface area contributed by atoms with Crippen LogP contribution in [-0.2, 0) is 39.4 Å². The molecule has 0 aliphatic carbocycles. The Morgan fingerprint density at radius 3 is 2.06 bits per heavy atom. The average Bonchev–Trinajstić information content (AvgIpc) is 3.79. The molecule has 51 heavy (non-hydrogen) atoms. The summed E-state index contributed by atoms with van der Waals surface area (Å²) < 4.78 is 0. The van der Waals surface area contributed by atoms with E-state index in [0.29, 0.717) is 29.0 Å². The number of rotatable bonds is 12. The van der Waals surface area contributed by atoms with Crippen LogP contribution in [0.2, 0.25) is 0 Å². The summed E-state index contributed by atoms with van der Waals surface area (Å²) in [6, 6.07) is 28.0. The van der Waals surface area contributed by atoms with Crippen LogP contribution < -0.4 is 15.5 Å². The van der Waals surface area contributed by atoms with Crippen molar-refractivity contribution < 1.29 is 24.6 Å². The van der Waals surface area contributed by atoms with Gasteiger partial charge in [0.2, 0.25) is 11.8 Å². The predicted octanol–water partition coefficient (Wildman–Crippen LogP) is 6.32. The second kappa shape index (κ2) is 14.1. The van der Waals surface area contributed by atoms with Crippen LogP contribution in [0.25, 0.3) is 21.8 Å². The fourth-order valence-corrected chi connectivity index (χ4v) is 6.94. The largest absolute Gasteiger partial charge is 0.396 e. The van der Waals surface area contributed by atoms with Gasteiger partial charge in [0.1, 0.15) is 0 Å². The highest BCUT2D eigenvalue weighted by atomic mass is 16.3. The van der Waals surface area contributed by atoms with Gasteiger partial charge in [0.05, 0.1) is 25.1 Å². The number of aliphatic hydroxyl groups is 2. The highest BCUT2D eigenvalue weighted by molar-refractivity contribution is 6.08. The molecule has 0 saturated heterocycles. The first-order valence-electron chi connectivity index (χ1n) is 17.0. The maximum Gasteiger partial charge on any atom is 0.264 e. The Labute approximate surface area is 294 Å². The van der Waals surface area contributed by atoms with Gasteiger partial charge in [-0.2, -0.15) is 0 Å². The van der Waals surface area contributed by atoms with Gasteiger partial charge in [0.15, 0.2) is 5.60 Å². The maximum atomic E-state index is 14.2. The van der Waals surface area contributed by atoms with Gasteiger partial charge in [-0.05, 0) is 65.6 Å². The summed E-state index contributed by atoms with van der Waals surface area (Å²) in [4.78, 5) is 48.4. The quantitative estimate of drug-likeness (QED) is 0.0836. The molecule has 7 rings (SSSR count). The van der Waals surface area contributed by atoms with Gasteiger partial charge in [0, 0.05) is 63.7 Å². The maximum absolute atomic E-state index is 14.2. The summed E-state index contributed by atoms with van der Waals surface area (Å²) in [5.41, 5.74) is 4.45. The van der Waals surface area contributed by atoms with Crippen LogP contribution in [-0.4, -0.2) is 44.5 Å². The van der Waals surface area contributed by atoms with E-state index in [1.54, 1.807) is 43.3 Å². The lowest BCUT2D eigenvalue weighted by molar-refractivity contribution is -0.139. The zero-order valence-electron chi connectivity index (χ0n) is 28.1. The first kappa shape index (κ1) is 33.5. The van der Waals surface area contributed by atoms with Crippen molar-refractivity contribution in [3.05, 3.63) is 138 Å². The molecule has 0 unspecified atom stereocenters. The van der Waals surface area contributed by atoms with Gasteiger partial charge >= 0.3 is 0 Å². The molecule has 2 aromatic heterocycles. The molecule has 3 heterocycles. The summed E-state index contributed by atoms with van der Waals surface area (Å²) in [7, 11) is 0. The molecule has 0 fully saturated rings. The molecule has 1 aliphatic rings. The smallest absolute Gasteiger partial charge is 0.264 e. The number of hydrogen-bond donors (Lipinski definition) is 6. The minimum absolute atomic E-state index is 0.0560. The SMILES string of the molecule is C[C@H](/C=C/CCO)[C@@]1(O)C(=O)N(Cc2cccc(NC(=O)Cc3c[nH]c4ccccc34)c2)c2ccc(NC(=O)Cc3c[nH]c4ccccc34)cc21. The van der Waals surface area contributed by atoms with E-state index < -0.39 is 17.4 Å². The average molecular weight is 682 g/mol. The number of fused-ring (bicyclic) bond motifs is 3. The van der Waals surface area contributed by atoms with Crippen molar-refractivity contribution >= 4 is 56.6 Å². The minimum Gasteiger partial charge on any atom is -0.396 e. The van der Waals surface area contributed by atoms with E-state index in [4.69, 9.17) is 0 Å². The molecule has 6 N–H and O–H groups in total. The van der Waals surface area contributed by atoms with Crippen molar-refractivity contribution in [2.75, 3.05) is 22.1 Å². The standard InChI is InChI=1S/C41H39N5O5/c1-26(9-6-7-18-47)41(51)34-22-31(45-39(49)21-29-24-43-36-15-5-3-13-33(29)36)16-17-37(34)46(40(41)50)25-27-10-8-11-30(19-27)44-38(48)20-28-23-42-35-14-4-2-12-32(28)35/h2-6,8-17,19,22-24,26,42-43,47,51H,7,18,20-21,25H2,1H3,(H,44,48)(H,45,49)/b9-6+/t26-,41+/m1/s1. The molecule has 1 aliphatic heterocycles. The summed E-state index contributed by atoms with van der Waals surface area (Å²) >= 11 is 0. The Hall–Kier alpha value is -5.97. The molecule has 258 valence electrons. The number of H-pyrrole nitrogens is 2. The number of para-hydroxylation sites is 2. The van der Waals surface area contributed by atoms with Gasteiger partial charge in [-0.15, -0.1) is 0 Å². The molecule has 0 spiro atoms. The number of amides is 3. The van der Waals surface area contributed by atoms with Crippen LogP contribution in [0.1, 0.15) is 35.6 Å². The summed E-state index contributed by atoms with van der Waals surface area (Å²) in [6.45, 7) is 1.84. The third-order valence-corrected chi connectivity index (χ3v) is 9.54. The summed E-state index contributed by atoms with van der Waals surface area (Å²) in [5.74, 6) is -1.55. The van der Waals surface area contributed by atoms with E-state index in [0.717, 1.165) is 38.5 Å². The van der Waals surface area contributed by atoms with E-state index in [1.807, 2.05) is 79.1 Å². The van der Waals surface area contributed by atoms with Crippen molar-refractivity contribution in [3.8, 4) is 0 Å². The number of nitrogens with zero attached hydrogens (tertiary/aromatic N) is 1. The lowest BCUT2D eigenvalue weighted by atomic mass is 9.82. The molecule has 6 aromatic rings. The van der Waals surface area contributed by atoms with Gasteiger partial charge in [-0.1, -0.05) is 67.6 Å². The van der Waals surface area contributed by atoms with Crippen molar-refractivity contribution in [2.24, 2.45) is 5.92 Å². The fraction of sp³-hybridized carbons (Fsp3) is 0.195. The molecule has 10 nitrogen and oxygen atoms in total. The summed E-state index contributed by atoms with van der Waals surface area (Å²) in [6.07, 6.45) is 7.87. The van der Waals surface area contributed by atoms with Gasteiger partial charge in [-0.25, -0.2) is 0 Å². The number of aromatic amines is 2. The second-order valence-electron chi connectivity index (χ2n) is 13.0. The Morgan fingerprint density at radius 1 is 0.824 bits per heavy atom. The highest BCUT2D eigenvalue weighted by Crippen LogP contribution is 2.47. The predicted molar refractivity (Wildman–Crippen MR) is 199 cm³/mol. The van der Waals surface area contributed by atoms with Crippen LogP contribution in [0.4, 0.5) is 17.1 Å². The minimum atomic E-state index is -1.93. The molecule has 0 saturated carbocycles. The number of nitrogens with one attached hydrogen (secondary N) is 4. The number of benzene rings is 4. The van der Waals surface area contributed by atoms with Gasteiger partial charge in [-0.3, -0.25) is 14.4 Å². The zero-order valence-corrected chi connectivity index (χ0v) is 28.1. The molecule has 10 heteroatoms. The van der Waals surface area contributed by atoms with Crippen LogP contribution in [0.5, 0.6) is 0 Å². The number of carbonyl (C=O) groups is 3. The first-order chi connectivity index (χ1) is 24.7. The van der Waals surface area contributed by atoms with Gasteiger partial charge < -0.3 is 35.7 Å². The van der Waals surface area contributed by atoms with E-state index in [-0.39, 0.29) is 37.8 Å². The Balaban J connectivity index is 1.12. The normalized spacial score (nSPS) is 16.2. The lowest BCUT2D eigenvalue weighted by Gasteiger charge is -2.28. The lowest BCUT2D eigenvalue weighted by Crippen LogP contribution is -2.44. The third-order valence-electron chi connectivity index (χ3n) is 9.54. The van der Waals surface area contributed by atoms with Crippen molar-refractivity contribution in [2.45, 2.75) is 38.3 Å². The number of anilines is 3. The Bertz CT molecular complexity index is 2290. The second-order valence-corrected chi connectivity index (χ2v) is 13.0. The van der Waals surface area contributed by atoms with Crippen LogP contribution >= 0.6 is 0 Å². The topological polar surface area (TPSA) is 151 Å². The van der Waals surface area contributed by atoms with E-state index in [2.05, 4.69) is 20.6 Å². The molecule has 2 atom stereocenters. The summed E-state index contributed by atoms with van der Waals surface area (Å²) in [5, 5.41) is 29.4. The Kier molecular flexibility index (Phi) is 9.27. The zero-order chi connectivity index (χ0) is 35.5. The number of hydrogen-bond acceptors (Lipinski definition) is 5. The fourth-order valence-electron chi connectivity index (χ4n) is 6.94. The third kappa shape index (κ3) is 6.66. The van der Waals surface area contributed by atoms with Crippen molar-refractivity contribution in [1.29, 1.82) is 0 Å². The molecule has 4 aromatic carbocycles. The van der Waals surface area contributed by atoms with Crippen LogP contribution in [0.3, 0.4) is 0 Å².